The van der Waals surface area contributed by atoms with Crippen LogP contribution in [0.5, 0.6) is 0 Å². The Morgan fingerprint density at radius 3 is 2.58 bits per heavy atom. The third kappa shape index (κ3) is 5.10. The molecule has 0 aromatic carbocycles. The van der Waals surface area contributed by atoms with Gasteiger partial charge in [0, 0.05) is 26.7 Å². The van der Waals surface area contributed by atoms with Crippen LogP contribution in [0, 0.1) is 17.8 Å². The number of methoxy groups -OCH3 is 1. The first-order chi connectivity index (χ1) is 11.5. The van der Waals surface area contributed by atoms with Crippen molar-refractivity contribution in [1.29, 1.82) is 0 Å². The van der Waals surface area contributed by atoms with E-state index >= 15 is 0 Å². The number of hydrogen-bond acceptors (Lipinski definition) is 4. The monoisotopic (exact) mass is 338 g/mol. The first kappa shape index (κ1) is 19.0. The van der Waals surface area contributed by atoms with Crippen molar-refractivity contribution in [3.8, 4) is 0 Å². The summed E-state index contributed by atoms with van der Waals surface area (Å²) in [6.07, 6.45) is 3.78. The molecule has 138 valence electrons. The number of likely N-dealkylation sites (tertiary alicyclic amines) is 2. The number of guanidine groups is 1. The van der Waals surface area contributed by atoms with Gasteiger partial charge in [-0.15, -0.1) is 0 Å². The highest BCUT2D eigenvalue weighted by molar-refractivity contribution is 5.82. The predicted octanol–water partition coefficient (Wildman–Crippen LogP) is 1.42. The second-order valence-corrected chi connectivity index (χ2v) is 7.36. The quantitative estimate of drug-likeness (QED) is 0.356. The minimum Gasteiger partial charge on any atom is -0.469 e. The van der Waals surface area contributed by atoms with Gasteiger partial charge in [-0.3, -0.25) is 9.79 Å². The minimum absolute atomic E-state index is 0.0520. The van der Waals surface area contributed by atoms with Crippen LogP contribution in [0.25, 0.3) is 0 Å². The van der Waals surface area contributed by atoms with Gasteiger partial charge in [-0.2, -0.15) is 0 Å². The number of rotatable bonds is 5. The molecule has 2 saturated heterocycles. The number of ether oxygens (including phenoxy) is 1. The molecule has 2 aliphatic heterocycles. The lowest BCUT2D eigenvalue weighted by Gasteiger charge is -2.30. The van der Waals surface area contributed by atoms with Gasteiger partial charge in [0.25, 0.3) is 0 Å². The summed E-state index contributed by atoms with van der Waals surface area (Å²) in [7, 11) is 3.27. The fraction of sp³-hybridized carbons (Fsp3) is 0.889. The Morgan fingerprint density at radius 2 is 1.96 bits per heavy atom. The van der Waals surface area contributed by atoms with Crippen LogP contribution in [-0.2, 0) is 9.53 Å². The van der Waals surface area contributed by atoms with E-state index in [0.29, 0.717) is 12.5 Å². The molecule has 24 heavy (non-hydrogen) atoms. The third-order valence-electron chi connectivity index (χ3n) is 5.44. The van der Waals surface area contributed by atoms with E-state index in [9.17, 15) is 4.79 Å². The summed E-state index contributed by atoms with van der Waals surface area (Å²) >= 11 is 0. The smallest absolute Gasteiger partial charge is 0.310 e. The molecule has 0 aromatic heterocycles. The number of piperidine rings is 1. The van der Waals surface area contributed by atoms with Crippen LogP contribution in [0.2, 0.25) is 0 Å². The summed E-state index contributed by atoms with van der Waals surface area (Å²) in [4.78, 5) is 20.9. The van der Waals surface area contributed by atoms with Crippen LogP contribution in [0.15, 0.2) is 4.99 Å². The summed E-state index contributed by atoms with van der Waals surface area (Å²) in [5.74, 6) is 1.92. The molecular formula is C18H34N4O2. The maximum absolute atomic E-state index is 11.8. The molecule has 0 saturated carbocycles. The molecule has 0 bridgehead atoms. The third-order valence-corrected chi connectivity index (χ3v) is 5.44. The number of carbonyl (C=O) groups is 1. The second-order valence-electron chi connectivity index (χ2n) is 7.36. The van der Waals surface area contributed by atoms with Crippen molar-refractivity contribution in [2.45, 2.75) is 33.1 Å². The highest BCUT2D eigenvalue weighted by Crippen LogP contribution is 2.24. The zero-order chi connectivity index (χ0) is 17.5. The number of nitrogens with zero attached hydrogens (tertiary/aromatic N) is 3. The Hall–Kier alpha value is -1.30. The molecule has 1 N–H and O–H groups in total. The normalized spacial score (nSPS) is 26.7. The van der Waals surface area contributed by atoms with E-state index in [2.05, 4.69) is 34.0 Å². The topological polar surface area (TPSA) is 57.2 Å². The molecule has 2 atom stereocenters. The van der Waals surface area contributed by atoms with Gasteiger partial charge >= 0.3 is 5.97 Å². The lowest BCUT2D eigenvalue weighted by atomic mass is 9.99. The van der Waals surface area contributed by atoms with Gasteiger partial charge in [0.15, 0.2) is 5.96 Å². The molecule has 6 nitrogen and oxygen atoms in total. The van der Waals surface area contributed by atoms with Crippen molar-refractivity contribution >= 4 is 11.9 Å². The van der Waals surface area contributed by atoms with E-state index < -0.39 is 0 Å². The second kappa shape index (κ2) is 9.25. The standard InChI is InChI=1S/C18H34N4O2/c1-14-6-10-21(11-7-14)9-5-8-20-18(19-3)22-12-15(2)16(13-22)17(23)24-4/h14-16H,5-13H2,1-4H3,(H,19,20). The lowest BCUT2D eigenvalue weighted by Crippen LogP contribution is -2.42. The molecule has 0 radical (unpaired) electrons. The first-order valence-corrected chi connectivity index (χ1v) is 9.31. The zero-order valence-electron chi connectivity index (χ0n) is 15.8. The van der Waals surface area contributed by atoms with E-state index in [1.165, 1.54) is 33.0 Å². The summed E-state index contributed by atoms with van der Waals surface area (Å²) in [6.45, 7) is 10.5. The van der Waals surface area contributed by atoms with Crippen molar-refractivity contribution in [1.82, 2.24) is 15.1 Å². The van der Waals surface area contributed by atoms with Gasteiger partial charge in [-0.1, -0.05) is 13.8 Å². The fourth-order valence-corrected chi connectivity index (χ4v) is 3.72. The van der Waals surface area contributed by atoms with Gasteiger partial charge in [-0.05, 0) is 50.7 Å². The van der Waals surface area contributed by atoms with Crippen molar-refractivity contribution in [3.63, 3.8) is 0 Å². The lowest BCUT2D eigenvalue weighted by molar-refractivity contribution is -0.145. The van der Waals surface area contributed by atoms with Gasteiger partial charge in [0.05, 0.1) is 13.0 Å². The SMILES string of the molecule is CN=C(NCCCN1CCC(C)CC1)N1CC(C)C(C(=O)OC)C1. The number of carbonyl (C=O) groups excluding carboxylic acids is 1. The zero-order valence-corrected chi connectivity index (χ0v) is 15.8. The van der Waals surface area contributed by atoms with Crippen molar-refractivity contribution < 1.29 is 9.53 Å². The van der Waals surface area contributed by atoms with Crippen LogP contribution in [0.4, 0.5) is 0 Å². The highest BCUT2D eigenvalue weighted by atomic mass is 16.5. The van der Waals surface area contributed by atoms with Crippen molar-refractivity contribution in [3.05, 3.63) is 0 Å². The Kier molecular flexibility index (Phi) is 7.34. The maximum atomic E-state index is 11.8. The number of nitrogens with one attached hydrogen (secondary N) is 1. The first-order valence-electron chi connectivity index (χ1n) is 9.31. The molecule has 2 heterocycles. The van der Waals surface area contributed by atoms with Gasteiger partial charge in [0.2, 0.25) is 0 Å². The van der Waals surface area contributed by atoms with E-state index in [1.54, 1.807) is 0 Å². The van der Waals surface area contributed by atoms with Crippen LogP contribution < -0.4 is 5.32 Å². The Morgan fingerprint density at radius 1 is 1.25 bits per heavy atom. The molecule has 2 unspecified atom stereocenters. The molecule has 0 amide bonds. The molecule has 0 spiro atoms. The van der Waals surface area contributed by atoms with Crippen molar-refractivity contribution in [2.75, 3.05) is 53.4 Å². The number of hydrogen-bond donors (Lipinski definition) is 1. The number of aliphatic imine (C=N–C) groups is 1. The molecule has 2 rings (SSSR count). The van der Waals surface area contributed by atoms with Gasteiger partial charge in [0.1, 0.15) is 0 Å². The molecule has 0 aliphatic carbocycles. The van der Waals surface area contributed by atoms with Gasteiger partial charge < -0.3 is 19.9 Å². The largest absolute Gasteiger partial charge is 0.469 e. The van der Waals surface area contributed by atoms with Crippen molar-refractivity contribution in [2.24, 2.45) is 22.7 Å². The molecule has 0 aromatic rings. The maximum Gasteiger partial charge on any atom is 0.310 e. The Bertz CT molecular complexity index is 433. The molecule has 2 fully saturated rings. The van der Waals surface area contributed by atoms with E-state index in [1.807, 2.05) is 7.05 Å². The summed E-state index contributed by atoms with van der Waals surface area (Å²) in [5.41, 5.74) is 0. The molecule has 2 aliphatic rings. The van der Waals surface area contributed by atoms with E-state index in [-0.39, 0.29) is 11.9 Å². The Balaban J connectivity index is 1.70. The summed E-state index contributed by atoms with van der Waals surface area (Å²) in [5, 5.41) is 3.45. The fourth-order valence-electron chi connectivity index (χ4n) is 3.72. The summed E-state index contributed by atoms with van der Waals surface area (Å²) in [6, 6.07) is 0. The van der Waals surface area contributed by atoms with Crippen LogP contribution in [0.3, 0.4) is 0 Å². The molecule has 6 heteroatoms. The average molecular weight is 338 g/mol. The summed E-state index contributed by atoms with van der Waals surface area (Å²) < 4.78 is 4.91. The minimum atomic E-state index is -0.111. The van der Waals surface area contributed by atoms with Crippen LogP contribution in [-0.4, -0.2) is 75.2 Å². The van der Waals surface area contributed by atoms with Crippen LogP contribution >= 0.6 is 0 Å². The average Bonchev–Trinajstić information content (AvgIpc) is 2.97. The van der Waals surface area contributed by atoms with Crippen LogP contribution in [0.1, 0.15) is 33.1 Å². The predicted molar refractivity (Wildman–Crippen MR) is 97.1 cm³/mol. The van der Waals surface area contributed by atoms with Gasteiger partial charge in [-0.25, -0.2) is 0 Å². The van der Waals surface area contributed by atoms with E-state index in [4.69, 9.17) is 4.74 Å². The van der Waals surface area contributed by atoms with E-state index in [0.717, 1.165) is 37.9 Å². The highest BCUT2D eigenvalue weighted by Gasteiger charge is 2.36. The Labute approximate surface area is 146 Å². The molecular weight excluding hydrogens is 304 g/mol. The number of esters is 1.